The molecule has 0 atom stereocenters. The van der Waals surface area contributed by atoms with Crippen LogP contribution in [-0.4, -0.2) is 21.6 Å². The molecule has 0 spiro atoms. The van der Waals surface area contributed by atoms with Crippen LogP contribution in [0.2, 0.25) is 0 Å². The normalized spacial score (nSPS) is 11.6. The van der Waals surface area contributed by atoms with Crippen molar-refractivity contribution < 1.29 is 17.9 Å². The van der Waals surface area contributed by atoms with E-state index < -0.39 is 12.0 Å². The maximum atomic E-state index is 12.7. The topological polar surface area (TPSA) is 39.9 Å². The smallest absolute Gasteiger partial charge is 0.450 e. The van der Waals surface area contributed by atoms with Crippen molar-refractivity contribution in [2.24, 2.45) is 0 Å². The molecule has 2 rings (SSSR count). The molecule has 2 aromatic rings. The minimum Gasteiger partial charge on any atom is -0.480 e. The van der Waals surface area contributed by atoms with Gasteiger partial charge in [0.05, 0.1) is 23.5 Å². The molecule has 2 heterocycles. The molecule has 0 bridgehead atoms. The zero-order valence-electron chi connectivity index (χ0n) is 9.07. The lowest BCUT2D eigenvalue weighted by molar-refractivity contribution is -0.145. The van der Waals surface area contributed by atoms with E-state index in [0.717, 1.165) is 10.8 Å². The zero-order valence-corrected chi connectivity index (χ0v) is 10.7. The quantitative estimate of drug-likeness (QED) is 0.853. The first-order chi connectivity index (χ1) is 8.43. The van der Waals surface area contributed by atoms with Crippen LogP contribution in [-0.2, 0) is 6.18 Å². The van der Waals surface area contributed by atoms with E-state index in [0.29, 0.717) is 10.4 Å². The number of ether oxygens (including phenoxy) is 1. The van der Waals surface area contributed by atoms with Crippen molar-refractivity contribution in [1.82, 2.24) is 14.5 Å². The number of alkyl halides is 3. The average molecular weight is 322 g/mol. The fourth-order valence-corrected chi connectivity index (χ4v) is 1.92. The number of nitrogens with zero attached hydrogens (tertiary/aromatic N) is 3. The predicted molar refractivity (Wildman–Crippen MR) is 60.6 cm³/mol. The second-order valence-corrected chi connectivity index (χ2v) is 4.16. The molecule has 0 unspecified atom stereocenters. The van der Waals surface area contributed by atoms with Crippen LogP contribution in [0, 0.1) is 0 Å². The summed E-state index contributed by atoms with van der Waals surface area (Å²) in [6, 6.07) is 1.47. The molecule has 0 saturated carbocycles. The van der Waals surface area contributed by atoms with Crippen LogP contribution in [0.15, 0.2) is 29.1 Å². The third kappa shape index (κ3) is 2.33. The lowest BCUT2D eigenvalue weighted by atomic mass is 10.4. The summed E-state index contributed by atoms with van der Waals surface area (Å²) in [5.74, 6) is -0.700. The Morgan fingerprint density at radius 1 is 1.33 bits per heavy atom. The Hall–Kier alpha value is -1.57. The average Bonchev–Trinajstić information content (AvgIpc) is 2.77. The SMILES string of the molecule is COc1ncc(-n2ccnc2C(F)(F)F)cc1Br. The molecule has 8 heteroatoms. The van der Waals surface area contributed by atoms with E-state index in [9.17, 15) is 13.2 Å². The maximum Gasteiger partial charge on any atom is 0.450 e. The second kappa shape index (κ2) is 4.60. The molecule has 0 aromatic carbocycles. The van der Waals surface area contributed by atoms with Crippen molar-refractivity contribution in [3.8, 4) is 11.6 Å². The Morgan fingerprint density at radius 2 is 2.06 bits per heavy atom. The van der Waals surface area contributed by atoms with Crippen molar-refractivity contribution in [3.05, 3.63) is 35.0 Å². The van der Waals surface area contributed by atoms with E-state index in [1.165, 1.54) is 25.6 Å². The maximum absolute atomic E-state index is 12.7. The predicted octanol–water partition coefficient (Wildman–Crippen LogP) is 3.06. The zero-order chi connectivity index (χ0) is 13.3. The van der Waals surface area contributed by atoms with E-state index in [1.54, 1.807) is 0 Å². The summed E-state index contributed by atoms with van der Waals surface area (Å²) in [5.41, 5.74) is 0.243. The van der Waals surface area contributed by atoms with Gasteiger partial charge in [0.1, 0.15) is 0 Å². The number of pyridine rings is 1. The van der Waals surface area contributed by atoms with Gasteiger partial charge in [0.15, 0.2) is 0 Å². The van der Waals surface area contributed by atoms with Crippen molar-refractivity contribution in [2.75, 3.05) is 7.11 Å². The number of halogens is 4. The summed E-state index contributed by atoms with van der Waals surface area (Å²) >= 11 is 3.17. The number of aromatic nitrogens is 3. The Kier molecular flexibility index (Phi) is 3.29. The van der Waals surface area contributed by atoms with Crippen molar-refractivity contribution in [2.45, 2.75) is 6.18 Å². The van der Waals surface area contributed by atoms with Crippen molar-refractivity contribution >= 4 is 15.9 Å². The third-order valence-electron chi connectivity index (χ3n) is 2.16. The highest BCUT2D eigenvalue weighted by Gasteiger charge is 2.36. The van der Waals surface area contributed by atoms with Gasteiger partial charge in [-0.05, 0) is 22.0 Å². The molecule has 0 fully saturated rings. The fourth-order valence-electron chi connectivity index (χ4n) is 1.42. The first-order valence-corrected chi connectivity index (χ1v) is 5.53. The Labute approximate surface area is 109 Å². The molecule has 0 amide bonds. The van der Waals surface area contributed by atoms with Gasteiger partial charge in [-0.1, -0.05) is 0 Å². The highest BCUT2D eigenvalue weighted by atomic mass is 79.9. The van der Waals surface area contributed by atoms with E-state index in [-0.39, 0.29) is 5.69 Å². The molecule has 0 saturated heterocycles. The Morgan fingerprint density at radius 3 is 2.61 bits per heavy atom. The molecule has 4 nitrogen and oxygen atoms in total. The number of methoxy groups -OCH3 is 1. The van der Waals surface area contributed by atoms with Gasteiger partial charge in [-0.25, -0.2) is 9.97 Å². The van der Waals surface area contributed by atoms with Gasteiger partial charge < -0.3 is 4.74 Å². The molecule has 0 aliphatic carbocycles. The minimum absolute atomic E-state index is 0.243. The standard InChI is InChI=1S/C10H7BrF3N3O/c1-18-8-7(11)4-6(5-16-8)17-3-2-15-9(17)10(12,13)14/h2-5H,1H3. The largest absolute Gasteiger partial charge is 0.480 e. The highest BCUT2D eigenvalue weighted by molar-refractivity contribution is 9.10. The summed E-state index contributed by atoms with van der Waals surface area (Å²) in [6.45, 7) is 0. The molecule has 96 valence electrons. The van der Waals surface area contributed by atoms with Gasteiger partial charge in [-0.15, -0.1) is 0 Å². The molecule has 0 aliphatic rings. The van der Waals surface area contributed by atoms with Gasteiger partial charge in [-0.2, -0.15) is 13.2 Å². The number of rotatable bonds is 2. The summed E-state index contributed by atoms with van der Waals surface area (Å²) in [6.07, 6.45) is -0.934. The first-order valence-electron chi connectivity index (χ1n) is 4.74. The van der Waals surface area contributed by atoms with E-state index in [1.807, 2.05) is 0 Å². The van der Waals surface area contributed by atoms with Gasteiger partial charge in [-0.3, -0.25) is 4.57 Å². The van der Waals surface area contributed by atoms with E-state index in [4.69, 9.17) is 4.74 Å². The Bertz CT molecular complexity index is 568. The molecular formula is C10H7BrF3N3O. The summed E-state index contributed by atoms with van der Waals surface area (Å²) in [7, 11) is 1.42. The van der Waals surface area contributed by atoms with Gasteiger partial charge in [0.2, 0.25) is 11.7 Å². The molecule has 18 heavy (non-hydrogen) atoms. The molecule has 2 aromatic heterocycles. The van der Waals surface area contributed by atoms with Crippen LogP contribution in [0.3, 0.4) is 0 Å². The Balaban J connectivity index is 2.50. The molecule has 0 radical (unpaired) electrons. The van der Waals surface area contributed by atoms with E-state index >= 15 is 0 Å². The highest BCUT2D eigenvalue weighted by Crippen LogP contribution is 2.31. The third-order valence-corrected chi connectivity index (χ3v) is 2.73. The molecular weight excluding hydrogens is 315 g/mol. The van der Waals surface area contributed by atoms with Crippen LogP contribution in [0.5, 0.6) is 5.88 Å². The van der Waals surface area contributed by atoms with Gasteiger partial charge in [0.25, 0.3) is 0 Å². The monoisotopic (exact) mass is 321 g/mol. The van der Waals surface area contributed by atoms with Gasteiger partial charge >= 0.3 is 6.18 Å². The lowest BCUT2D eigenvalue weighted by Gasteiger charge is -2.11. The van der Waals surface area contributed by atoms with Crippen LogP contribution in [0.1, 0.15) is 5.82 Å². The van der Waals surface area contributed by atoms with E-state index in [2.05, 4.69) is 25.9 Å². The van der Waals surface area contributed by atoms with Crippen LogP contribution >= 0.6 is 15.9 Å². The lowest BCUT2D eigenvalue weighted by Crippen LogP contribution is -2.13. The molecule has 0 N–H and O–H groups in total. The van der Waals surface area contributed by atoms with Crippen LogP contribution in [0.25, 0.3) is 5.69 Å². The number of hydrogen-bond acceptors (Lipinski definition) is 3. The van der Waals surface area contributed by atoms with Crippen molar-refractivity contribution in [3.63, 3.8) is 0 Å². The number of imidazole rings is 1. The van der Waals surface area contributed by atoms with Crippen molar-refractivity contribution in [1.29, 1.82) is 0 Å². The van der Waals surface area contributed by atoms with Crippen LogP contribution < -0.4 is 4.74 Å². The van der Waals surface area contributed by atoms with Crippen LogP contribution in [0.4, 0.5) is 13.2 Å². The summed E-state index contributed by atoms with van der Waals surface area (Å²) in [4.78, 5) is 7.19. The summed E-state index contributed by atoms with van der Waals surface area (Å²) < 4.78 is 44.3. The number of hydrogen-bond donors (Lipinski definition) is 0. The molecule has 0 aliphatic heterocycles. The second-order valence-electron chi connectivity index (χ2n) is 3.30. The van der Waals surface area contributed by atoms with Gasteiger partial charge in [0, 0.05) is 12.4 Å². The minimum atomic E-state index is -4.52. The first kappa shape index (κ1) is 12.9. The summed E-state index contributed by atoms with van der Waals surface area (Å²) in [5, 5.41) is 0. The fraction of sp³-hybridized carbons (Fsp3) is 0.200.